The fraction of sp³-hybridized carbons (Fsp3) is 0.545. The first-order chi connectivity index (χ1) is 13.7. The van der Waals surface area contributed by atoms with Crippen LogP contribution in [0, 0.1) is 12.8 Å². The van der Waals surface area contributed by atoms with Crippen molar-refractivity contribution in [3.05, 3.63) is 41.8 Å². The minimum atomic E-state index is 0.674. The van der Waals surface area contributed by atoms with E-state index in [4.69, 9.17) is 9.15 Å². The smallest absolute Gasteiger partial charge is 0.226 e. The first kappa shape index (κ1) is 20.4. The Hall–Kier alpha value is -2.34. The molecule has 1 N–H and O–H groups in total. The molecule has 0 saturated carbocycles. The molecule has 0 aliphatic carbocycles. The molecule has 0 amide bonds. The molecule has 6 heteroatoms. The van der Waals surface area contributed by atoms with Gasteiger partial charge in [0.25, 0.3) is 0 Å². The average Bonchev–Trinajstić information content (AvgIpc) is 3.19. The number of ether oxygens (including phenoxy) is 1. The average molecular weight is 385 g/mol. The number of hydrogen-bond acceptors (Lipinski definition) is 4. The molecule has 1 aromatic heterocycles. The highest BCUT2D eigenvalue weighted by molar-refractivity contribution is 5.79. The highest BCUT2D eigenvalue weighted by atomic mass is 16.5. The van der Waals surface area contributed by atoms with Crippen LogP contribution in [-0.4, -0.2) is 56.2 Å². The summed E-state index contributed by atoms with van der Waals surface area (Å²) in [6.45, 7) is 5.66. The van der Waals surface area contributed by atoms with Gasteiger partial charge in [-0.15, -0.1) is 0 Å². The normalized spacial score (nSPS) is 15.6. The number of aromatic nitrogens is 1. The van der Waals surface area contributed by atoms with Crippen LogP contribution >= 0.6 is 0 Å². The summed E-state index contributed by atoms with van der Waals surface area (Å²) in [6.07, 6.45) is 6.07. The number of hydrogen-bond donors (Lipinski definition) is 1. The maximum absolute atomic E-state index is 5.64. The number of rotatable bonds is 7. The minimum absolute atomic E-state index is 0.674. The summed E-state index contributed by atoms with van der Waals surface area (Å²) in [4.78, 5) is 11.2. The summed E-state index contributed by atoms with van der Waals surface area (Å²) in [5, 5.41) is 3.43. The Morgan fingerprint density at radius 1 is 1.25 bits per heavy atom. The molecule has 0 unspecified atom stereocenters. The number of nitrogens with one attached hydrogen (secondary N) is 1. The van der Waals surface area contributed by atoms with Gasteiger partial charge in [-0.05, 0) is 44.2 Å². The third kappa shape index (κ3) is 5.83. The molecule has 0 radical (unpaired) electrons. The number of nitrogens with zero attached hydrogens (tertiary/aromatic N) is 3. The standard InChI is InChI=1S/C22H32N4O2/c1-17-4-6-19(7-5-17)21-25-20(16-28-21)8-12-24-22(23-2)26(3)13-9-18-10-14-27-15-11-18/h4-7,16,18H,8-15H2,1-3H3,(H,23,24). The monoisotopic (exact) mass is 384 g/mol. The molecule has 0 atom stereocenters. The largest absolute Gasteiger partial charge is 0.444 e. The second-order valence-corrected chi connectivity index (χ2v) is 7.50. The Morgan fingerprint density at radius 2 is 2.00 bits per heavy atom. The van der Waals surface area contributed by atoms with Crippen LogP contribution < -0.4 is 5.32 Å². The van der Waals surface area contributed by atoms with Crippen LogP contribution in [0.4, 0.5) is 0 Å². The molecule has 28 heavy (non-hydrogen) atoms. The predicted molar refractivity (Wildman–Crippen MR) is 113 cm³/mol. The highest BCUT2D eigenvalue weighted by Crippen LogP contribution is 2.20. The first-order valence-electron chi connectivity index (χ1n) is 10.2. The lowest BCUT2D eigenvalue weighted by molar-refractivity contribution is 0.0625. The fourth-order valence-electron chi connectivity index (χ4n) is 3.45. The van der Waals surface area contributed by atoms with E-state index in [9.17, 15) is 0 Å². The minimum Gasteiger partial charge on any atom is -0.444 e. The molecular weight excluding hydrogens is 352 g/mol. The summed E-state index contributed by atoms with van der Waals surface area (Å²) >= 11 is 0. The second kappa shape index (κ2) is 10.3. The van der Waals surface area contributed by atoms with Crippen molar-refractivity contribution in [3.8, 4) is 11.5 Å². The highest BCUT2D eigenvalue weighted by Gasteiger charge is 2.15. The third-order valence-corrected chi connectivity index (χ3v) is 5.30. The van der Waals surface area contributed by atoms with E-state index in [0.717, 1.165) is 55.9 Å². The van der Waals surface area contributed by atoms with Gasteiger partial charge in [-0.2, -0.15) is 0 Å². The molecule has 0 spiro atoms. The lowest BCUT2D eigenvalue weighted by Gasteiger charge is -2.26. The van der Waals surface area contributed by atoms with Crippen molar-refractivity contribution < 1.29 is 9.15 Å². The van der Waals surface area contributed by atoms with Crippen LogP contribution in [0.1, 0.15) is 30.5 Å². The van der Waals surface area contributed by atoms with Crippen molar-refractivity contribution in [1.29, 1.82) is 0 Å². The van der Waals surface area contributed by atoms with Gasteiger partial charge in [-0.1, -0.05) is 17.7 Å². The molecule has 1 fully saturated rings. The van der Waals surface area contributed by atoms with Crippen molar-refractivity contribution >= 4 is 5.96 Å². The maximum Gasteiger partial charge on any atom is 0.226 e. The van der Waals surface area contributed by atoms with E-state index in [2.05, 4.69) is 46.3 Å². The van der Waals surface area contributed by atoms with Gasteiger partial charge < -0.3 is 19.4 Å². The van der Waals surface area contributed by atoms with Crippen molar-refractivity contribution in [3.63, 3.8) is 0 Å². The molecule has 152 valence electrons. The summed E-state index contributed by atoms with van der Waals surface area (Å²) in [5.74, 6) is 2.37. The van der Waals surface area contributed by atoms with Gasteiger partial charge in [0.05, 0.1) is 5.69 Å². The van der Waals surface area contributed by atoms with Gasteiger partial charge in [-0.25, -0.2) is 4.98 Å². The molecule has 2 heterocycles. The van der Waals surface area contributed by atoms with Crippen molar-refractivity contribution in [2.75, 3.05) is 40.4 Å². The zero-order valence-electron chi connectivity index (χ0n) is 17.3. The number of aliphatic imine (C=N–C) groups is 1. The van der Waals surface area contributed by atoms with Gasteiger partial charge in [0.2, 0.25) is 5.89 Å². The van der Waals surface area contributed by atoms with E-state index < -0.39 is 0 Å². The van der Waals surface area contributed by atoms with Crippen molar-refractivity contribution in [2.45, 2.75) is 32.6 Å². The van der Waals surface area contributed by atoms with Gasteiger partial charge in [0, 0.05) is 52.4 Å². The second-order valence-electron chi connectivity index (χ2n) is 7.50. The SMILES string of the molecule is CN=C(NCCc1coc(-c2ccc(C)cc2)n1)N(C)CCC1CCOCC1. The van der Waals surface area contributed by atoms with E-state index in [0.29, 0.717) is 5.89 Å². The summed E-state index contributed by atoms with van der Waals surface area (Å²) < 4.78 is 11.1. The van der Waals surface area contributed by atoms with E-state index in [1.54, 1.807) is 6.26 Å². The van der Waals surface area contributed by atoms with E-state index in [1.807, 2.05) is 19.2 Å². The first-order valence-corrected chi connectivity index (χ1v) is 10.2. The van der Waals surface area contributed by atoms with E-state index in [1.165, 1.54) is 24.8 Å². The van der Waals surface area contributed by atoms with E-state index in [-0.39, 0.29) is 0 Å². The number of oxazole rings is 1. The lowest BCUT2D eigenvalue weighted by Crippen LogP contribution is -2.40. The molecular formula is C22H32N4O2. The molecule has 0 bridgehead atoms. The van der Waals surface area contributed by atoms with Crippen LogP contribution in [0.2, 0.25) is 0 Å². The number of aryl methyl sites for hydroxylation is 1. The zero-order chi connectivity index (χ0) is 19.8. The molecule has 1 aromatic carbocycles. The predicted octanol–water partition coefficient (Wildman–Crippen LogP) is 3.52. The van der Waals surface area contributed by atoms with Gasteiger partial charge in [0.1, 0.15) is 6.26 Å². The molecule has 6 nitrogen and oxygen atoms in total. The summed E-state index contributed by atoms with van der Waals surface area (Å²) in [5.41, 5.74) is 3.18. The van der Waals surface area contributed by atoms with Crippen LogP contribution in [0.25, 0.3) is 11.5 Å². The van der Waals surface area contributed by atoms with Gasteiger partial charge >= 0.3 is 0 Å². The Kier molecular flexibility index (Phi) is 7.48. The number of benzene rings is 1. The summed E-state index contributed by atoms with van der Waals surface area (Å²) in [6, 6.07) is 8.22. The van der Waals surface area contributed by atoms with Gasteiger partial charge in [-0.3, -0.25) is 4.99 Å². The van der Waals surface area contributed by atoms with Crippen LogP contribution in [0.15, 0.2) is 39.9 Å². The fourth-order valence-corrected chi connectivity index (χ4v) is 3.45. The third-order valence-electron chi connectivity index (χ3n) is 5.30. The van der Waals surface area contributed by atoms with Crippen molar-refractivity contribution in [1.82, 2.24) is 15.2 Å². The Balaban J connectivity index is 1.43. The molecule has 3 rings (SSSR count). The molecule has 2 aromatic rings. The van der Waals surface area contributed by atoms with Gasteiger partial charge in [0.15, 0.2) is 5.96 Å². The zero-order valence-corrected chi connectivity index (χ0v) is 17.3. The van der Waals surface area contributed by atoms with Crippen LogP contribution in [0.5, 0.6) is 0 Å². The van der Waals surface area contributed by atoms with Crippen molar-refractivity contribution in [2.24, 2.45) is 10.9 Å². The Labute approximate surface area is 168 Å². The molecule has 1 saturated heterocycles. The molecule has 1 aliphatic heterocycles. The Bertz CT molecular complexity index is 748. The summed E-state index contributed by atoms with van der Waals surface area (Å²) in [7, 11) is 3.93. The molecule has 1 aliphatic rings. The maximum atomic E-state index is 5.64. The topological polar surface area (TPSA) is 62.9 Å². The van der Waals surface area contributed by atoms with Crippen LogP contribution in [-0.2, 0) is 11.2 Å². The quantitative estimate of drug-likeness (QED) is 0.585. The van der Waals surface area contributed by atoms with Crippen LogP contribution in [0.3, 0.4) is 0 Å². The number of guanidine groups is 1. The van der Waals surface area contributed by atoms with E-state index >= 15 is 0 Å². The lowest BCUT2D eigenvalue weighted by atomic mass is 9.96. The Morgan fingerprint density at radius 3 is 2.71 bits per heavy atom.